The van der Waals surface area contributed by atoms with Gasteiger partial charge in [0, 0.05) is 35.7 Å². The van der Waals surface area contributed by atoms with Gasteiger partial charge in [0.15, 0.2) is 0 Å². The molecule has 4 nitrogen and oxygen atoms in total. The Bertz CT molecular complexity index is 1190. The summed E-state index contributed by atoms with van der Waals surface area (Å²) in [5.74, 6) is 0.000625. The maximum Gasteiger partial charge on any atom is 0.0968 e. The Hall–Kier alpha value is -3.34. The molecule has 1 aromatic heterocycles. The van der Waals surface area contributed by atoms with Crippen molar-refractivity contribution in [1.29, 1.82) is 0 Å². The van der Waals surface area contributed by atoms with Gasteiger partial charge < -0.3 is 10.8 Å². The molecule has 3 aromatic carbocycles. The Labute approximate surface area is 188 Å². The highest BCUT2D eigenvalue weighted by atomic mass is 16.3. The van der Waals surface area contributed by atoms with E-state index in [2.05, 4.69) is 30.3 Å². The molecule has 0 fully saturated rings. The third-order valence-corrected chi connectivity index (χ3v) is 6.44. The van der Waals surface area contributed by atoms with Gasteiger partial charge in [-0.3, -0.25) is 4.98 Å². The van der Waals surface area contributed by atoms with Crippen molar-refractivity contribution in [3.05, 3.63) is 108 Å². The van der Waals surface area contributed by atoms with Crippen molar-refractivity contribution in [3.63, 3.8) is 0 Å². The molecule has 4 heteroatoms. The predicted octanol–water partition coefficient (Wildman–Crippen LogP) is 4.98. The van der Waals surface area contributed by atoms with E-state index in [1.807, 2.05) is 60.8 Å². The standard InChI is InChI=1S/C28H27N3O/c29-25(24-16-15-19-9-7-8-14-23(19)28(24)32)17-22-18-30-26(20-10-3-1-4-11-20)27(31-22)21-12-5-2-6-13-21/h1-14,18,24-25,28,32H,15-17,29H2. The van der Waals surface area contributed by atoms with Crippen molar-refractivity contribution in [1.82, 2.24) is 9.97 Å². The van der Waals surface area contributed by atoms with Crippen LogP contribution in [-0.2, 0) is 12.8 Å². The van der Waals surface area contributed by atoms with Crippen molar-refractivity contribution < 1.29 is 5.11 Å². The first kappa shape index (κ1) is 20.6. The summed E-state index contributed by atoms with van der Waals surface area (Å²) < 4.78 is 0. The highest BCUT2D eigenvalue weighted by Gasteiger charge is 2.32. The van der Waals surface area contributed by atoms with E-state index in [-0.39, 0.29) is 12.0 Å². The molecule has 0 bridgehead atoms. The molecular weight excluding hydrogens is 394 g/mol. The average Bonchev–Trinajstić information content (AvgIpc) is 2.85. The zero-order chi connectivity index (χ0) is 21.9. The lowest BCUT2D eigenvalue weighted by Crippen LogP contribution is -2.38. The highest BCUT2D eigenvalue weighted by Crippen LogP contribution is 2.36. The van der Waals surface area contributed by atoms with Crippen molar-refractivity contribution in [2.75, 3.05) is 0 Å². The summed E-state index contributed by atoms with van der Waals surface area (Å²) >= 11 is 0. The third kappa shape index (κ3) is 4.07. The fourth-order valence-electron chi connectivity index (χ4n) is 4.73. The first-order valence-electron chi connectivity index (χ1n) is 11.2. The zero-order valence-electron chi connectivity index (χ0n) is 17.9. The van der Waals surface area contributed by atoms with Gasteiger partial charge in [0.05, 0.1) is 23.2 Å². The van der Waals surface area contributed by atoms with E-state index in [0.717, 1.165) is 46.6 Å². The molecule has 1 aliphatic rings. The number of benzene rings is 3. The van der Waals surface area contributed by atoms with Crippen LogP contribution in [0.4, 0.5) is 0 Å². The molecule has 0 spiro atoms. The summed E-state index contributed by atoms with van der Waals surface area (Å²) in [5.41, 5.74) is 13.5. The number of aliphatic hydroxyl groups is 1. The SMILES string of the molecule is NC(Cc1cnc(-c2ccccc2)c(-c2ccccc2)n1)C1CCc2ccccc2C1O. The molecule has 0 aliphatic heterocycles. The molecule has 0 amide bonds. The Balaban J connectivity index is 1.44. The zero-order valence-corrected chi connectivity index (χ0v) is 17.9. The maximum absolute atomic E-state index is 11.0. The quantitative estimate of drug-likeness (QED) is 0.477. The fraction of sp³-hybridized carbons (Fsp3) is 0.214. The number of nitrogens with two attached hydrogens (primary N) is 1. The van der Waals surface area contributed by atoms with Gasteiger partial charge >= 0.3 is 0 Å². The number of aryl methyl sites for hydroxylation is 1. The van der Waals surface area contributed by atoms with E-state index >= 15 is 0 Å². The predicted molar refractivity (Wildman–Crippen MR) is 128 cm³/mol. The molecule has 5 rings (SSSR count). The molecule has 32 heavy (non-hydrogen) atoms. The maximum atomic E-state index is 11.0. The lowest BCUT2D eigenvalue weighted by molar-refractivity contribution is 0.0780. The van der Waals surface area contributed by atoms with Crippen LogP contribution in [0.25, 0.3) is 22.5 Å². The smallest absolute Gasteiger partial charge is 0.0968 e. The van der Waals surface area contributed by atoms with Crippen LogP contribution < -0.4 is 5.73 Å². The van der Waals surface area contributed by atoms with Crippen LogP contribution in [0.3, 0.4) is 0 Å². The van der Waals surface area contributed by atoms with E-state index in [0.29, 0.717) is 6.42 Å². The van der Waals surface area contributed by atoms with Gasteiger partial charge in [-0.25, -0.2) is 4.98 Å². The number of aromatic nitrogens is 2. The monoisotopic (exact) mass is 421 g/mol. The molecule has 1 aliphatic carbocycles. The van der Waals surface area contributed by atoms with Crippen molar-refractivity contribution in [2.45, 2.75) is 31.4 Å². The van der Waals surface area contributed by atoms with E-state index in [1.165, 1.54) is 5.56 Å². The minimum atomic E-state index is -0.542. The summed E-state index contributed by atoms with van der Waals surface area (Å²) in [6.45, 7) is 0. The first-order chi connectivity index (χ1) is 15.7. The Kier molecular flexibility index (Phi) is 5.80. The largest absolute Gasteiger partial charge is 0.388 e. The minimum Gasteiger partial charge on any atom is -0.388 e. The van der Waals surface area contributed by atoms with Crippen molar-refractivity contribution in [3.8, 4) is 22.5 Å². The fourth-order valence-corrected chi connectivity index (χ4v) is 4.73. The summed E-state index contributed by atoms with van der Waals surface area (Å²) in [4.78, 5) is 9.80. The van der Waals surface area contributed by atoms with Gasteiger partial charge in [0.25, 0.3) is 0 Å². The molecule has 1 heterocycles. The second-order valence-corrected chi connectivity index (χ2v) is 8.50. The Morgan fingerprint density at radius 3 is 2.19 bits per heavy atom. The summed E-state index contributed by atoms with van der Waals surface area (Å²) in [5, 5.41) is 11.0. The molecule has 0 saturated carbocycles. The molecule has 160 valence electrons. The Morgan fingerprint density at radius 2 is 1.47 bits per heavy atom. The molecule has 0 saturated heterocycles. The number of aliphatic hydroxyl groups excluding tert-OH is 1. The lowest BCUT2D eigenvalue weighted by atomic mass is 9.77. The normalized spacial score (nSPS) is 18.7. The van der Waals surface area contributed by atoms with Crippen molar-refractivity contribution in [2.24, 2.45) is 11.7 Å². The number of hydrogen-bond donors (Lipinski definition) is 2. The highest BCUT2D eigenvalue weighted by molar-refractivity contribution is 5.77. The summed E-state index contributed by atoms with van der Waals surface area (Å²) in [6, 6.07) is 28.2. The van der Waals surface area contributed by atoms with E-state index in [1.54, 1.807) is 0 Å². The van der Waals surface area contributed by atoms with Crippen molar-refractivity contribution >= 4 is 0 Å². The number of hydrogen-bond acceptors (Lipinski definition) is 4. The average molecular weight is 422 g/mol. The lowest BCUT2D eigenvalue weighted by Gasteiger charge is -2.34. The van der Waals surface area contributed by atoms with Gasteiger partial charge in [-0.05, 0) is 24.0 Å². The summed E-state index contributed by atoms with van der Waals surface area (Å²) in [6.07, 6.45) is 3.68. The van der Waals surface area contributed by atoms with E-state index < -0.39 is 6.10 Å². The van der Waals surface area contributed by atoms with Crippen LogP contribution in [0.15, 0.2) is 91.1 Å². The van der Waals surface area contributed by atoms with Crippen LogP contribution in [0.1, 0.15) is 29.3 Å². The van der Waals surface area contributed by atoms with Gasteiger partial charge in [-0.2, -0.15) is 0 Å². The van der Waals surface area contributed by atoms with Gasteiger partial charge in [-0.1, -0.05) is 84.9 Å². The van der Waals surface area contributed by atoms with Crippen LogP contribution in [-0.4, -0.2) is 21.1 Å². The molecule has 3 N–H and O–H groups in total. The second kappa shape index (κ2) is 9.03. The number of nitrogens with zero attached hydrogens (tertiary/aromatic N) is 2. The molecule has 4 aromatic rings. The van der Waals surface area contributed by atoms with Crippen LogP contribution in [0, 0.1) is 5.92 Å². The van der Waals surface area contributed by atoms with Crippen LogP contribution in [0.2, 0.25) is 0 Å². The van der Waals surface area contributed by atoms with Crippen LogP contribution in [0.5, 0.6) is 0 Å². The van der Waals surface area contributed by atoms with Gasteiger partial charge in [-0.15, -0.1) is 0 Å². The van der Waals surface area contributed by atoms with E-state index in [9.17, 15) is 5.11 Å². The Morgan fingerprint density at radius 1 is 0.844 bits per heavy atom. The van der Waals surface area contributed by atoms with Crippen LogP contribution >= 0.6 is 0 Å². The van der Waals surface area contributed by atoms with Gasteiger partial charge in [0.2, 0.25) is 0 Å². The molecule has 3 unspecified atom stereocenters. The third-order valence-electron chi connectivity index (χ3n) is 6.44. The number of fused-ring (bicyclic) bond motifs is 1. The first-order valence-corrected chi connectivity index (χ1v) is 11.2. The number of rotatable bonds is 5. The summed E-state index contributed by atoms with van der Waals surface area (Å²) in [7, 11) is 0. The van der Waals surface area contributed by atoms with E-state index in [4.69, 9.17) is 15.7 Å². The van der Waals surface area contributed by atoms with Gasteiger partial charge in [0.1, 0.15) is 0 Å². The molecule has 3 atom stereocenters. The topological polar surface area (TPSA) is 72.0 Å². The molecular formula is C28H27N3O. The minimum absolute atomic E-state index is 0.000625. The second-order valence-electron chi connectivity index (χ2n) is 8.50. The molecule has 0 radical (unpaired) electrons.